The van der Waals surface area contributed by atoms with Crippen molar-refractivity contribution in [1.29, 1.82) is 0 Å². The fourth-order valence-corrected chi connectivity index (χ4v) is 2.37. The van der Waals surface area contributed by atoms with Crippen molar-refractivity contribution in [2.24, 2.45) is 0 Å². The Kier molecular flexibility index (Phi) is 4.63. The van der Waals surface area contributed by atoms with E-state index in [9.17, 15) is 5.11 Å². The second-order valence-corrected chi connectivity index (χ2v) is 5.73. The summed E-state index contributed by atoms with van der Waals surface area (Å²) in [4.78, 5) is 4.64. The highest BCUT2D eigenvalue weighted by Crippen LogP contribution is 2.31. The molecule has 2 aromatic rings. The lowest BCUT2D eigenvalue weighted by molar-refractivity contribution is 0.0775. The molecule has 2 rings (SSSR count). The van der Waals surface area contributed by atoms with Gasteiger partial charge in [-0.25, -0.2) is 0 Å². The lowest BCUT2D eigenvalue weighted by atomic mass is 9.96. The summed E-state index contributed by atoms with van der Waals surface area (Å²) in [7, 11) is 0. The minimum Gasteiger partial charge on any atom is -0.493 e. The Balaban J connectivity index is 2.41. The summed E-state index contributed by atoms with van der Waals surface area (Å²) < 4.78 is 5.79. The molecule has 0 aliphatic heterocycles. The average molecular weight is 285 g/mol. The number of aromatic nitrogens is 1. The van der Waals surface area contributed by atoms with E-state index in [0.717, 1.165) is 34.7 Å². The molecule has 0 saturated heterocycles. The molecule has 21 heavy (non-hydrogen) atoms. The third kappa shape index (κ3) is 3.61. The van der Waals surface area contributed by atoms with Crippen molar-refractivity contribution in [2.45, 2.75) is 39.7 Å². The molecule has 0 bridgehead atoms. The van der Waals surface area contributed by atoms with Crippen LogP contribution in [-0.2, 0) is 5.60 Å². The molecule has 0 aliphatic rings. The highest BCUT2D eigenvalue weighted by Gasteiger charge is 2.20. The molecule has 0 aliphatic carbocycles. The highest BCUT2D eigenvalue weighted by molar-refractivity contribution is 5.67. The number of benzene rings is 1. The van der Waals surface area contributed by atoms with Crippen LogP contribution in [0.4, 0.5) is 0 Å². The van der Waals surface area contributed by atoms with E-state index in [2.05, 4.69) is 11.9 Å². The van der Waals surface area contributed by atoms with Gasteiger partial charge in [-0.05, 0) is 45.4 Å². The van der Waals surface area contributed by atoms with Crippen LogP contribution < -0.4 is 4.74 Å². The van der Waals surface area contributed by atoms with Gasteiger partial charge in [0.25, 0.3) is 0 Å². The van der Waals surface area contributed by atoms with Crippen LogP contribution in [0.25, 0.3) is 11.3 Å². The highest BCUT2D eigenvalue weighted by atomic mass is 16.5. The molecule has 0 unspecified atom stereocenters. The largest absolute Gasteiger partial charge is 0.493 e. The molecule has 3 heteroatoms. The number of rotatable bonds is 5. The van der Waals surface area contributed by atoms with Gasteiger partial charge >= 0.3 is 0 Å². The first kappa shape index (κ1) is 15.5. The van der Waals surface area contributed by atoms with Crippen molar-refractivity contribution < 1.29 is 9.84 Å². The van der Waals surface area contributed by atoms with Crippen molar-refractivity contribution in [1.82, 2.24) is 4.98 Å². The van der Waals surface area contributed by atoms with E-state index >= 15 is 0 Å². The zero-order chi connectivity index (χ0) is 15.5. The molecule has 3 nitrogen and oxygen atoms in total. The van der Waals surface area contributed by atoms with Crippen LogP contribution in [0.2, 0.25) is 0 Å². The topological polar surface area (TPSA) is 42.4 Å². The molecule has 0 amide bonds. The molecule has 0 atom stereocenters. The van der Waals surface area contributed by atoms with Crippen LogP contribution in [0.1, 0.15) is 38.4 Å². The maximum atomic E-state index is 10.1. The Morgan fingerprint density at radius 1 is 1.14 bits per heavy atom. The van der Waals surface area contributed by atoms with Crippen molar-refractivity contribution in [3.8, 4) is 17.0 Å². The normalized spacial score (nSPS) is 11.5. The van der Waals surface area contributed by atoms with Gasteiger partial charge < -0.3 is 9.84 Å². The smallest absolute Gasteiger partial charge is 0.128 e. The molecule has 0 spiro atoms. The quantitative estimate of drug-likeness (QED) is 0.900. The number of pyridine rings is 1. The standard InChI is InChI=1S/C18H23NO2/c1-5-12-21-17-9-7-6-8-14(17)16-11-10-15(13(2)19-16)18(3,4)20/h6-11,20H,5,12H2,1-4H3. The number of aryl methyl sites for hydroxylation is 1. The average Bonchev–Trinajstić information content (AvgIpc) is 2.44. The second kappa shape index (κ2) is 6.27. The van der Waals surface area contributed by atoms with E-state index in [1.165, 1.54) is 0 Å². The molecule has 1 aromatic carbocycles. The summed E-state index contributed by atoms with van der Waals surface area (Å²) in [6.45, 7) is 8.25. The summed E-state index contributed by atoms with van der Waals surface area (Å²) in [5, 5.41) is 10.1. The Bertz CT molecular complexity index is 615. The van der Waals surface area contributed by atoms with Crippen molar-refractivity contribution >= 4 is 0 Å². The Morgan fingerprint density at radius 3 is 2.48 bits per heavy atom. The SMILES string of the molecule is CCCOc1ccccc1-c1ccc(C(C)(C)O)c(C)n1. The predicted octanol–water partition coefficient (Wildman–Crippen LogP) is 4.07. The van der Waals surface area contributed by atoms with Crippen molar-refractivity contribution in [3.63, 3.8) is 0 Å². The first-order chi connectivity index (χ1) is 9.93. The number of aliphatic hydroxyl groups is 1. The van der Waals surface area contributed by atoms with Gasteiger partial charge in [-0.3, -0.25) is 4.98 Å². The predicted molar refractivity (Wildman–Crippen MR) is 85.4 cm³/mol. The van der Waals surface area contributed by atoms with E-state index in [0.29, 0.717) is 6.61 Å². The van der Waals surface area contributed by atoms with Gasteiger partial charge in [-0.1, -0.05) is 25.1 Å². The minimum absolute atomic E-state index is 0.692. The third-order valence-electron chi connectivity index (χ3n) is 3.37. The molecule has 0 saturated carbocycles. The van der Waals surface area contributed by atoms with Gasteiger partial charge in [0.2, 0.25) is 0 Å². The van der Waals surface area contributed by atoms with E-state index in [1.807, 2.05) is 43.3 Å². The molecule has 1 N–H and O–H groups in total. The van der Waals surface area contributed by atoms with Crippen LogP contribution in [0, 0.1) is 6.92 Å². The number of ether oxygens (including phenoxy) is 1. The van der Waals surface area contributed by atoms with Crippen molar-refractivity contribution in [2.75, 3.05) is 6.61 Å². The Labute approximate surface area is 126 Å². The fourth-order valence-electron chi connectivity index (χ4n) is 2.37. The first-order valence-electron chi connectivity index (χ1n) is 7.36. The van der Waals surface area contributed by atoms with Gasteiger partial charge in [0.15, 0.2) is 0 Å². The summed E-state index contributed by atoms with van der Waals surface area (Å²) in [5.41, 5.74) is 2.65. The van der Waals surface area contributed by atoms with Crippen LogP contribution in [0.5, 0.6) is 5.75 Å². The Hall–Kier alpha value is -1.87. The summed E-state index contributed by atoms with van der Waals surface area (Å²) in [5.74, 6) is 0.849. The number of hydrogen-bond donors (Lipinski definition) is 1. The monoisotopic (exact) mass is 285 g/mol. The van der Waals surface area contributed by atoms with Gasteiger partial charge in [0.1, 0.15) is 5.75 Å². The van der Waals surface area contributed by atoms with Crippen LogP contribution in [0.3, 0.4) is 0 Å². The van der Waals surface area contributed by atoms with Gasteiger partial charge in [-0.15, -0.1) is 0 Å². The van der Waals surface area contributed by atoms with Gasteiger partial charge in [-0.2, -0.15) is 0 Å². The second-order valence-electron chi connectivity index (χ2n) is 5.73. The number of hydrogen-bond acceptors (Lipinski definition) is 3. The molecule has 1 heterocycles. The number of nitrogens with zero attached hydrogens (tertiary/aromatic N) is 1. The molecule has 112 valence electrons. The first-order valence-corrected chi connectivity index (χ1v) is 7.36. The van der Waals surface area contributed by atoms with E-state index in [1.54, 1.807) is 13.8 Å². The molecule has 0 radical (unpaired) electrons. The van der Waals surface area contributed by atoms with Gasteiger partial charge in [0.05, 0.1) is 17.9 Å². The minimum atomic E-state index is -0.881. The maximum Gasteiger partial charge on any atom is 0.128 e. The molecule has 0 fully saturated rings. The van der Waals surface area contributed by atoms with Crippen LogP contribution in [-0.4, -0.2) is 16.7 Å². The lowest BCUT2D eigenvalue weighted by Crippen LogP contribution is -2.17. The molecular formula is C18H23NO2. The van der Waals surface area contributed by atoms with Crippen LogP contribution >= 0.6 is 0 Å². The van der Waals surface area contributed by atoms with Gasteiger partial charge in [0, 0.05) is 16.8 Å². The maximum absolute atomic E-state index is 10.1. The van der Waals surface area contributed by atoms with E-state index < -0.39 is 5.60 Å². The zero-order valence-corrected chi connectivity index (χ0v) is 13.2. The summed E-state index contributed by atoms with van der Waals surface area (Å²) >= 11 is 0. The molecule has 1 aromatic heterocycles. The van der Waals surface area contributed by atoms with Crippen LogP contribution in [0.15, 0.2) is 36.4 Å². The molecular weight excluding hydrogens is 262 g/mol. The number of para-hydroxylation sites is 1. The summed E-state index contributed by atoms with van der Waals surface area (Å²) in [6.07, 6.45) is 0.971. The summed E-state index contributed by atoms with van der Waals surface area (Å²) in [6, 6.07) is 11.8. The van der Waals surface area contributed by atoms with Crippen molar-refractivity contribution in [3.05, 3.63) is 47.7 Å². The zero-order valence-electron chi connectivity index (χ0n) is 13.2. The lowest BCUT2D eigenvalue weighted by Gasteiger charge is -2.20. The fraction of sp³-hybridized carbons (Fsp3) is 0.389. The van der Waals surface area contributed by atoms with E-state index in [-0.39, 0.29) is 0 Å². The third-order valence-corrected chi connectivity index (χ3v) is 3.37. The Morgan fingerprint density at radius 2 is 1.86 bits per heavy atom. The van der Waals surface area contributed by atoms with E-state index in [4.69, 9.17) is 4.74 Å².